The van der Waals surface area contributed by atoms with Crippen molar-refractivity contribution in [2.45, 2.75) is 99.0 Å². The van der Waals surface area contributed by atoms with Gasteiger partial charge in [0, 0.05) is 12.2 Å². The summed E-state index contributed by atoms with van der Waals surface area (Å²) in [7, 11) is 0. The summed E-state index contributed by atoms with van der Waals surface area (Å²) in [5, 5.41) is 0. The first kappa shape index (κ1) is 24.7. The Hall–Kier alpha value is -1.32. The number of carbonyl (C=O) groups excluding carboxylic acids is 2. The molecule has 0 aromatic carbocycles. The summed E-state index contributed by atoms with van der Waals surface area (Å²) in [5.74, 6) is -0.689. The van der Waals surface area contributed by atoms with Crippen LogP contribution in [-0.4, -0.2) is 24.6 Å². The summed E-state index contributed by atoms with van der Waals surface area (Å²) >= 11 is 0. The number of ether oxygens (including phenoxy) is 2. The second-order valence-electron chi connectivity index (χ2n) is 8.64. The topological polar surface area (TPSA) is 52.6 Å². The third-order valence-electron chi connectivity index (χ3n) is 4.11. The Morgan fingerprint density at radius 1 is 0.923 bits per heavy atom. The highest BCUT2D eigenvalue weighted by Gasteiger charge is 2.16. The van der Waals surface area contributed by atoms with Gasteiger partial charge >= 0.3 is 11.9 Å². The number of esters is 2. The molecule has 2 atom stereocenters. The summed E-state index contributed by atoms with van der Waals surface area (Å²) in [6.07, 6.45) is 11.3. The molecule has 0 aromatic rings. The van der Waals surface area contributed by atoms with E-state index in [1.807, 2.05) is 6.92 Å². The molecule has 0 aliphatic carbocycles. The van der Waals surface area contributed by atoms with Crippen molar-refractivity contribution in [1.29, 1.82) is 0 Å². The fourth-order valence-corrected chi connectivity index (χ4v) is 3.02. The molecule has 0 aliphatic heterocycles. The van der Waals surface area contributed by atoms with E-state index in [2.05, 4.69) is 34.6 Å². The van der Waals surface area contributed by atoms with E-state index in [1.165, 1.54) is 32.1 Å². The van der Waals surface area contributed by atoms with Gasteiger partial charge in [0.25, 0.3) is 0 Å². The van der Waals surface area contributed by atoms with E-state index in [1.54, 1.807) is 0 Å². The Morgan fingerprint density at radius 2 is 1.50 bits per heavy atom. The minimum Gasteiger partial charge on any atom is -0.462 e. The maximum Gasteiger partial charge on any atom is 0.331 e. The van der Waals surface area contributed by atoms with Crippen LogP contribution in [0.1, 0.15) is 92.9 Å². The average Bonchev–Trinajstić information content (AvgIpc) is 2.52. The van der Waals surface area contributed by atoms with E-state index in [-0.39, 0.29) is 17.4 Å². The van der Waals surface area contributed by atoms with Gasteiger partial charge in [-0.3, -0.25) is 0 Å². The Morgan fingerprint density at radius 3 is 2.12 bits per heavy atom. The van der Waals surface area contributed by atoms with Crippen LogP contribution >= 0.6 is 0 Å². The van der Waals surface area contributed by atoms with Crippen LogP contribution < -0.4 is 0 Å². The lowest BCUT2D eigenvalue weighted by atomic mass is 9.86. The highest BCUT2D eigenvalue weighted by atomic mass is 16.5. The fourth-order valence-electron chi connectivity index (χ4n) is 3.02. The van der Waals surface area contributed by atoms with Crippen LogP contribution in [0.5, 0.6) is 0 Å². The van der Waals surface area contributed by atoms with E-state index in [0.29, 0.717) is 6.61 Å². The molecule has 2 unspecified atom stereocenters. The van der Waals surface area contributed by atoms with E-state index < -0.39 is 11.9 Å². The molecular formula is C22H40O4. The minimum absolute atomic E-state index is 0.124. The molecule has 0 aromatic heterocycles. The van der Waals surface area contributed by atoms with Gasteiger partial charge in [-0.25, -0.2) is 9.59 Å². The van der Waals surface area contributed by atoms with Crippen molar-refractivity contribution >= 4 is 11.9 Å². The van der Waals surface area contributed by atoms with Gasteiger partial charge in [-0.1, -0.05) is 66.7 Å². The second-order valence-corrected chi connectivity index (χ2v) is 8.64. The zero-order valence-electron chi connectivity index (χ0n) is 17.8. The lowest BCUT2D eigenvalue weighted by molar-refractivity contribution is -0.144. The van der Waals surface area contributed by atoms with E-state index in [0.717, 1.165) is 31.4 Å². The molecule has 0 spiro atoms. The SMILES string of the molecule is CCCCCCCCC(C)OC(=O)/C=C/C(=O)OCC(C)CC(C)(C)C. The molecule has 0 rings (SSSR count). The van der Waals surface area contributed by atoms with Gasteiger partial charge in [0.05, 0.1) is 12.7 Å². The van der Waals surface area contributed by atoms with Crippen molar-refractivity contribution in [3.05, 3.63) is 12.2 Å². The van der Waals surface area contributed by atoms with Crippen molar-refractivity contribution in [3.8, 4) is 0 Å². The maximum absolute atomic E-state index is 11.7. The zero-order valence-corrected chi connectivity index (χ0v) is 17.8. The lowest BCUT2D eigenvalue weighted by Crippen LogP contribution is -2.17. The van der Waals surface area contributed by atoms with Crippen LogP contribution in [0.15, 0.2) is 12.2 Å². The molecule has 0 saturated heterocycles. The average molecular weight is 369 g/mol. The summed E-state index contributed by atoms with van der Waals surface area (Å²) in [5.41, 5.74) is 0.206. The maximum atomic E-state index is 11.7. The molecule has 4 nitrogen and oxygen atoms in total. The monoisotopic (exact) mass is 368 g/mol. The first-order valence-electron chi connectivity index (χ1n) is 10.2. The van der Waals surface area contributed by atoms with Gasteiger partial charge in [-0.05, 0) is 37.5 Å². The van der Waals surface area contributed by atoms with Crippen LogP contribution in [0, 0.1) is 11.3 Å². The van der Waals surface area contributed by atoms with Crippen molar-refractivity contribution in [1.82, 2.24) is 0 Å². The molecule has 26 heavy (non-hydrogen) atoms. The smallest absolute Gasteiger partial charge is 0.331 e. The molecule has 0 N–H and O–H groups in total. The number of unbranched alkanes of at least 4 members (excludes halogenated alkanes) is 5. The predicted molar refractivity (Wildman–Crippen MR) is 107 cm³/mol. The van der Waals surface area contributed by atoms with Gasteiger partial charge in [-0.2, -0.15) is 0 Å². The van der Waals surface area contributed by atoms with Gasteiger partial charge in [0.2, 0.25) is 0 Å². The molecule has 0 amide bonds. The molecular weight excluding hydrogens is 328 g/mol. The molecule has 0 aliphatic rings. The molecule has 0 bridgehead atoms. The zero-order chi connectivity index (χ0) is 20.0. The fraction of sp³-hybridized carbons (Fsp3) is 0.818. The first-order chi connectivity index (χ1) is 12.1. The summed E-state index contributed by atoms with van der Waals surface area (Å²) in [6.45, 7) is 13.0. The Balaban J connectivity index is 3.90. The molecule has 0 saturated carbocycles. The minimum atomic E-state index is -0.494. The van der Waals surface area contributed by atoms with Crippen molar-refractivity contribution in [2.24, 2.45) is 11.3 Å². The van der Waals surface area contributed by atoms with Crippen molar-refractivity contribution in [2.75, 3.05) is 6.61 Å². The second kappa shape index (κ2) is 13.8. The van der Waals surface area contributed by atoms with Crippen molar-refractivity contribution in [3.63, 3.8) is 0 Å². The normalized spacial score (nSPS) is 14.2. The molecule has 0 fully saturated rings. The standard InChI is InChI=1S/C22H40O4/c1-7-8-9-10-11-12-13-19(3)26-21(24)15-14-20(23)25-17-18(2)16-22(4,5)6/h14-15,18-19H,7-13,16-17H2,1-6H3/b15-14+. The number of hydrogen-bond donors (Lipinski definition) is 0. The first-order valence-corrected chi connectivity index (χ1v) is 10.2. The van der Waals surface area contributed by atoms with E-state index >= 15 is 0 Å². The van der Waals surface area contributed by atoms with Gasteiger partial charge in [-0.15, -0.1) is 0 Å². The molecule has 4 heteroatoms. The highest BCUT2D eigenvalue weighted by Crippen LogP contribution is 2.24. The Kier molecular flexibility index (Phi) is 13.1. The van der Waals surface area contributed by atoms with Crippen LogP contribution in [0.2, 0.25) is 0 Å². The van der Waals surface area contributed by atoms with Gasteiger partial charge < -0.3 is 9.47 Å². The molecule has 152 valence electrons. The quantitative estimate of drug-likeness (QED) is 0.233. The highest BCUT2D eigenvalue weighted by molar-refractivity contribution is 5.91. The number of hydrogen-bond acceptors (Lipinski definition) is 4. The van der Waals surface area contributed by atoms with Crippen LogP contribution in [0.25, 0.3) is 0 Å². The predicted octanol–water partition coefficient (Wildman–Crippen LogP) is 5.84. The summed E-state index contributed by atoms with van der Waals surface area (Å²) in [6, 6.07) is 0. The van der Waals surface area contributed by atoms with Crippen molar-refractivity contribution < 1.29 is 19.1 Å². The molecule has 0 radical (unpaired) electrons. The van der Waals surface area contributed by atoms with Gasteiger partial charge in [0.1, 0.15) is 0 Å². The number of rotatable bonds is 13. The van der Waals surface area contributed by atoms with E-state index in [4.69, 9.17) is 9.47 Å². The van der Waals surface area contributed by atoms with Crippen LogP contribution in [0.3, 0.4) is 0 Å². The molecule has 0 heterocycles. The largest absolute Gasteiger partial charge is 0.462 e. The third-order valence-corrected chi connectivity index (χ3v) is 4.11. The van der Waals surface area contributed by atoms with Gasteiger partial charge in [0.15, 0.2) is 0 Å². The van der Waals surface area contributed by atoms with Crippen LogP contribution in [0.4, 0.5) is 0 Å². The lowest BCUT2D eigenvalue weighted by Gasteiger charge is -2.22. The Bertz CT molecular complexity index is 420. The van der Waals surface area contributed by atoms with Crippen LogP contribution in [-0.2, 0) is 19.1 Å². The third kappa shape index (κ3) is 16.2. The Labute approximate surface area is 160 Å². The number of carbonyl (C=O) groups is 2. The van der Waals surface area contributed by atoms with E-state index in [9.17, 15) is 9.59 Å². The summed E-state index contributed by atoms with van der Waals surface area (Å²) < 4.78 is 10.5. The summed E-state index contributed by atoms with van der Waals surface area (Å²) in [4.78, 5) is 23.4.